The smallest absolute Gasteiger partial charge is 0.274 e. The van der Waals surface area contributed by atoms with Crippen LogP contribution in [0.4, 0.5) is 0 Å². The van der Waals surface area contributed by atoms with E-state index < -0.39 is 6.10 Å². The highest BCUT2D eigenvalue weighted by Gasteiger charge is 2.29. The molecule has 0 saturated carbocycles. The molecule has 1 aliphatic carbocycles. The predicted octanol–water partition coefficient (Wildman–Crippen LogP) is 0.817. The van der Waals surface area contributed by atoms with Gasteiger partial charge >= 0.3 is 0 Å². The Hall–Kier alpha value is -1.40. The summed E-state index contributed by atoms with van der Waals surface area (Å²) in [6, 6.07) is 0. The van der Waals surface area contributed by atoms with Gasteiger partial charge in [-0.05, 0) is 38.6 Å². The van der Waals surface area contributed by atoms with Crippen LogP contribution in [0.15, 0.2) is 0 Å². The van der Waals surface area contributed by atoms with Crippen LogP contribution >= 0.6 is 0 Å². The molecular formula is C16H26N4O2. The summed E-state index contributed by atoms with van der Waals surface area (Å²) in [5.74, 6) is -0.0307. The Bertz CT molecular complexity index is 528. The maximum absolute atomic E-state index is 12.8. The zero-order chi connectivity index (χ0) is 15.5. The van der Waals surface area contributed by atoms with Gasteiger partial charge in [0, 0.05) is 37.4 Å². The maximum atomic E-state index is 12.8. The zero-order valence-corrected chi connectivity index (χ0v) is 13.3. The Morgan fingerprint density at radius 3 is 2.95 bits per heavy atom. The minimum atomic E-state index is -0.479. The van der Waals surface area contributed by atoms with Crippen LogP contribution in [-0.4, -0.2) is 69.8 Å². The van der Waals surface area contributed by atoms with Gasteiger partial charge in [0.15, 0.2) is 5.69 Å². The molecule has 1 amide bonds. The average Bonchev–Trinajstić information content (AvgIpc) is 2.85. The molecule has 1 aliphatic heterocycles. The van der Waals surface area contributed by atoms with E-state index in [2.05, 4.69) is 22.0 Å². The van der Waals surface area contributed by atoms with Gasteiger partial charge in [0.2, 0.25) is 0 Å². The van der Waals surface area contributed by atoms with E-state index in [0.29, 0.717) is 25.3 Å². The Labute approximate surface area is 131 Å². The van der Waals surface area contributed by atoms with Gasteiger partial charge in [0.05, 0.1) is 6.10 Å². The molecule has 2 aliphatic rings. The van der Waals surface area contributed by atoms with Crippen LogP contribution in [0.25, 0.3) is 0 Å². The second kappa shape index (κ2) is 6.79. The van der Waals surface area contributed by atoms with Crippen molar-refractivity contribution in [1.82, 2.24) is 20.0 Å². The fourth-order valence-corrected chi connectivity index (χ4v) is 3.57. The number of carbonyl (C=O) groups is 1. The van der Waals surface area contributed by atoms with Crippen molar-refractivity contribution in [1.29, 1.82) is 0 Å². The van der Waals surface area contributed by atoms with E-state index in [1.807, 2.05) is 0 Å². The molecule has 0 radical (unpaired) electrons. The van der Waals surface area contributed by atoms with Crippen molar-refractivity contribution < 1.29 is 9.90 Å². The van der Waals surface area contributed by atoms with Gasteiger partial charge in [-0.15, -0.1) is 0 Å². The Kier molecular flexibility index (Phi) is 4.78. The zero-order valence-electron chi connectivity index (χ0n) is 13.3. The van der Waals surface area contributed by atoms with Gasteiger partial charge in [-0.1, -0.05) is 6.92 Å². The van der Waals surface area contributed by atoms with E-state index in [9.17, 15) is 9.90 Å². The van der Waals surface area contributed by atoms with Crippen molar-refractivity contribution in [2.24, 2.45) is 0 Å². The van der Waals surface area contributed by atoms with Gasteiger partial charge in [0.1, 0.15) is 0 Å². The first kappa shape index (κ1) is 15.5. The minimum absolute atomic E-state index is 0.0307. The highest BCUT2D eigenvalue weighted by molar-refractivity contribution is 5.94. The predicted molar refractivity (Wildman–Crippen MR) is 83.9 cm³/mol. The molecule has 122 valence electrons. The Balaban J connectivity index is 1.73. The van der Waals surface area contributed by atoms with Crippen LogP contribution < -0.4 is 0 Å². The monoisotopic (exact) mass is 306 g/mol. The van der Waals surface area contributed by atoms with Gasteiger partial charge in [-0.2, -0.15) is 5.10 Å². The molecule has 1 atom stereocenters. The molecule has 0 spiro atoms. The number of hydrogen-bond acceptors (Lipinski definition) is 4. The topological polar surface area (TPSA) is 72.5 Å². The van der Waals surface area contributed by atoms with Gasteiger partial charge in [0.25, 0.3) is 5.91 Å². The lowest BCUT2D eigenvalue weighted by atomic mass is 9.95. The number of aromatic nitrogens is 2. The van der Waals surface area contributed by atoms with Gasteiger partial charge < -0.3 is 10.0 Å². The van der Waals surface area contributed by atoms with Gasteiger partial charge in [-0.25, -0.2) is 0 Å². The lowest BCUT2D eigenvalue weighted by Crippen LogP contribution is -2.38. The summed E-state index contributed by atoms with van der Waals surface area (Å²) in [4.78, 5) is 16.8. The number of aryl methyl sites for hydroxylation is 1. The van der Waals surface area contributed by atoms with Crippen molar-refractivity contribution in [3.8, 4) is 0 Å². The second-order valence-corrected chi connectivity index (χ2v) is 6.44. The molecule has 1 saturated heterocycles. The van der Waals surface area contributed by atoms with Crippen molar-refractivity contribution in [3.63, 3.8) is 0 Å². The van der Waals surface area contributed by atoms with Crippen molar-refractivity contribution in [2.75, 3.05) is 32.7 Å². The van der Waals surface area contributed by atoms with Crippen LogP contribution in [0.5, 0.6) is 0 Å². The van der Waals surface area contributed by atoms with Crippen molar-refractivity contribution in [2.45, 2.75) is 45.1 Å². The average molecular weight is 306 g/mol. The highest BCUT2D eigenvalue weighted by atomic mass is 16.3. The molecule has 2 N–H and O–H groups in total. The van der Waals surface area contributed by atoms with Gasteiger partial charge in [-0.3, -0.25) is 14.8 Å². The third-order valence-corrected chi connectivity index (χ3v) is 4.67. The third kappa shape index (κ3) is 3.17. The third-order valence-electron chi connectivity index (χ3n) is 4.67. The molecule has 22 heavy (non-hydrogen) atoms. The van der Waals surface area contributed by atoms with Crippen LogP contribution in [0, 0.1) is 0 Å². The normalized spacial score (nSPS) is 23.2. The SMILES string of the molecule is CCCN1CCN(C(=O)c2n[nH]c3c2CCCC3)C[C@H](O)C1. The van der Waals surface area contributed by atoms with E-state index in [4.69, 9.17) is 0 Å². The number of H-pyrrole nitrogens is 1. The molecular weight excluding hydrogens is 280 g/mol. The van der Waals surface area contributed by atoms with E-state index in [1.54, 1.807) is 4.90 Å². The number of nitrogens with one attached hydrogen (secondary N) is 1. The van der Waals surface area contributed by atoms with E-state index in [0.717, 1.165) is 56.5 Å². The number of hydrogen-bond donors (Lipinski definition) is 2. The van der Waals surface area contributed by atoms with Crippen LogP contribution in [0.3, 0.4) is 0 Å². The summed E-state index contributed by atoms with van der Waals surface area (Å²) in [6.07, 6.45) is 4.80. The lowest BCUT2D eigenvalue weighted by molar-refractivity contribution is 0.0657. The summed E-state index contributed by atoms with van der Waals surface area (Å²) in [7, 11) is 0. The summed E-state index contributed by atoms with van der Waals surface area (Å²) in [5, 5.41) is 17.5. The molecule has 1 fully saturated rings. The number of fused-ring (bicyclic) bond motifs is 1. The number of β-amino-alcohol motifs (C(OH)–C–C–N with tert-alkyl or cyclic N) is 1. The summed E-state index contributed by atoms with van der Waals surface area (Å²) in [6.45, 7) is 5.64. The highest BCUT2D eigenvalue weighted by Crippen LogP contribution is 2.23. The van der Waals surface area contributed by atoms with E-state index in [1.165, 1.54) is 0 Å². The molecule has 3 rings (SSSR count). The lowest BCUT2D eigenvalue weighted by Gasteiger charge is -2.22. The van der Waals surface area contributed by atoms with E-state index >= 15 is 0 Å². The standard InChI is InChI=1S/C16H26N4O2/c1-2-7-19-8-9-20(11-12(21)10-19)16(22)15-13-5-3-4-6-14(13)17-18-15/h12,21H,2-11H2,1H3,(H,17,18)/t12-/m1/s1. The first-order chi connectivity index (χ1) is 10.7. The number of aliphatic hydroxyl groups is 1. The summed E-state index contributed by atoms with van der Waals surface area (Å²) < 4.78 is 0. The number of nitrogens with zero attached hydrogens (tertiary/aromatic N) is 3. The molecule has 0 aromatic carbocycles. The largest absolute Gasteiger partial charge is 0.390 e. The van der Waals surface area contributed by atoms with E-state index in [-0.39, 0.29) is 5.91 Å². The summed E-state index contributed by atoms with van der Waals surface area (Å²) >= 11 is 0. The Morgan fingerprint density at radius 2 is 2.14 bits per heavy atom. The number of aliphatic hydroxyl groups excluding tert-OH is 1. The van der Waals surface area contributed by atoms with Crippen molar-refractivity contribution >= 4 is 5.91 Å². The van der Waals surface area contributed by atoms with Crippen LogP contribution in [-0.2, 0) is 12.8 Å². The number of carbonyl (C=O) groups excluding carboxylic acids is 1. The summed E-state index contributed by atoms with van der Waals surface area (Å²) in [5.41, 5.74) is 2.80. The molecule has 6 heteroatoms. The van der Waals surface area contributed by atoms with Crippen LogP contribution in [0.1, 0.15) is 47.9 Å². The molecule has 6 nitrogen and oxygen atoms in total. The quantitative estimate of drug-likeness (QED) is 0.867. The van der Waals surface area contributed by atoms with Crippen molar-refractivity contribution in [3.05, 3.63) is 17.0 Å². The fraction of sp³-hybridized carbons (Fsp3) is 0.750. The Morgan fingerprint density at radius 1 is 1.32 bits per heavy atom. The first-order valence-electron chi connectivity index (χ1n) is 8.44. The molecule has 1 aromatic rings. The molecule has 1 aromatic heterocycles. The minimum Gasteiger partial charge on any atom is -0.390 e. The van der Waals surface area contributed by atoms with Crippen LogP contribution in [0.2, 0.25) is 0 Å². The molecule has 0 bridgehead atoms. The molecule has 2 heterocycles. The number of amides is 1. The number of aromatic amines is 1. The fourth-order valence-electron chi connectivity index (χ4n) is 3.57. The first-order valence-corrected chi connectivity index (χ1v) is 8.44. The number of rotatable bonds is 3. The second-order valence-electron chi connectivity index (χ2n) is 6.44. The molecule has 0 unspecified atom stereocenters. The maximum Gasteiger partial charge on any atom is 0.274 e.